The van der Waals surface area contributed by atoms with Gasteiger partial charge in [0, 0.05) is 11.8 Å². The third kappa shape index (κ3) is 2.81. The van der Waals surface area contributed by atoms with E-state index in [1.54, 1.807) is 6.08 Å². The Labute approximate surface area is 63.1 Å². The van der Waals surface area contributed by atoms with E-state index in [1.165, 1.54) is 0 Å². The second kappa shape index (κ2) is 4.26. The number of rotatable bonds is 4. The van der Waals surface area contributed by atoms with Crippen LogP contribution in [0.3, 0.4) is 0 Å². The third-order valence-electron chi connectivity index (χ3n) is 1.57. The molecule has 0 amide bonds. The first-order valence-electron chi connectivity index (χ1n) is 3.74. The predicted molar refractivity (Wildman–Crippen MR) is 43.8 cm³/mol. The number of carbonyl (C=O) groups is 1. The molecule has 58 valence electrons. The first-order chi connectivity index (χ1) is 4.59. The zero-order valence-corrected chi connectivity index (χ0v) is 7.05. The highest BCUT2D eigenvalue weighted by molar-refractivity contribution is 5.82. The van der Waals surface area contributed by atoms with Gasteiger partial charge in [-0.1, -0.05) is 26.8 Å². The van der Waals surface area contributed by atoms with Crippen molar-refractivity contribution >= 4 is 5.78 Å². The maximum Gasteiger partial charge on any atom is 0.138 e. The van der Waals surface area contributed by atoms with Gasteiger partial charge in [0.05, 0.1) is 0 Å². The van der Waals surface area contributed by atoms with E-state index in [4.69, 9.17) is 0 Å². The lowest BCUT2D eigenvalue weighted by atomic mass is 9.94. The summed E-state index contributed by atoms with van der Waals surface area (Å²) < 4.78 is 0. The number of ketones is 1. The van der Waals surface area contributed by atoms with Crippen molar-refractivity contribution in [3.8, 4) is 0 Å². The number of Topliss-reactive ketones (excluding diaryl/α,β-unsaturated/α-hetero) is 1. The van der Waals surface area contributed by atoms with Crippen molar-refractivity contribution < 1.29 is 4.79 Å². The van der Waals surface area contributed by atoms with Crippen LogP contribution in [0.2, 0.25) is 0 Å². The molecule has 10 heavy (non-hydrogen) atoms. The van der Waals surface area contributed by atoms with E-state index in [-0.39, 0.29) is 11.8 Å². The molecule has 1 nitrogen and oxygen atoms in total. The van der Waals surface area contributed by atoms with E-state index >= 15 is 0 Å². The fourth-order valence-electron chi connectivity index (χ4n) is 0.935. The molecule has 0 aliphatic carbocycles. The molecule has 0 saturated heterocycles. The van der Waals surface area contributed by atoms with E-state index in [1.807, 2.05) is 20.8 Å². The zero-order valence-electron chi connectivity index (χ0n) is 7.05. The molecule has 0 aromatic rings. The molecule has 1 heteroatoms. The molecule has 0 aromatic heterocycles. The Balaban J connectivity index is 3.81. The fourth-order valence-corrected chi connectivity index (χ4v) is 0.935. The Morgan fingerprint density at radius 2 is 2.00 bits per heavy atom. The average Bonchev–Trinajstić information content (AvgIpc) is 1.87. The maximum absolute atomic E-state index is 11.2. The molecule has 0 bridgehead atoms. The molecular weight excluding hydrogens is 124 g/mol. The van der Waals surface area contributed by atoms with Gasteiger partial charge < -0.3 is 0 Å². The van der Waals surface area contributed by atoms with Crippen LogP contribution in [0.4, 0.5) is 0 Å². The van der Waals surface area contributed by atoms with Gasteiger partial charge in [-0.3, -0.25) is 4.79 Å². The molecule has 1 atom stereocenters. The maximum atomic E-state index is 11.2. The monoisotopic (exact) mass is 140 g/mol. The molecule has 0 fully saturated rings. The zero-order chi connectivity index (χ0) is 8.15. The average molecular weight is 140 g/mol. The van der Waals surface area contributed by atoms with Gasteiger partial charge in [0.1, 0.15) is 5.78 Å². The summed E-state index contributed by atoms with van der Waals surface area (Å²) in [6, 6.07) is 0. The molecule has 0 saturated carbocycles. The van der Waals surface area contributed by atoms with Gasteiger partial charge in [-0.05, 0) is 6.42 Å². The first-order valence-corrected chi connectivity index (χ1v) is 3.74. The van der Waals surface area contributed by atoms with Crippen molar-refractivity contribution in [2.75, 3.05) is 0 Å². The summed E-state index contributed by atoms with van der Waals surface area (Å²) in [6.07, 6.45) is 2.60. The van der Waals surface area contributed by atoms with Crippen LogP contribution in [0, 0.1) is 11.8 Å². The van der Waals surface area contributed by atoms with Crippen molar-refractivity contribution in [3.05, 3.63) is 12.7 Å². The van der Waals surface area contributed by atoms with Gasteiger partial charge in [0.15, 0.2) is 0 Å². The molecule has 0 aliphatic heterocycles. The molecular formula is C9H16O. The molecule has 0 N–H and O–H groups in total. The van der Waals surface area contributed by atoms with E-state index in [2.05, 4.69) is 6.58 Å². The summed E-state index contributed by atoms with van der Waals surface area (Å²) >= 11 is 0. The highest BCUT2D eigenvalue weighted by Gasteiger charge is 2.13. The van der Waals surface area contributed by atoms with E-state index in [9.17, 15) is 4.79 Å². The van der Waals surface area contributed by atoms with Gasteiger partial charge in [0.2, 0.25) is 0 Å². The van der Waals surface area contributed by atoms with Crippen molar-refractivity contribution in [3.63, 3.8) is 0 Å². The Hall–Kier alpha value is -0.590. The quantitative estimate of drug-likeness (QED) is 0.548. The minimum Gasteiger partial charge on any atom is -0.299 e. The highest BCUT2D eigenvalue weighted by atomic mass is 16.1. The van der Waals surface area contributed by atoms with Crippen molar-refractivity contribution in [1.29, 1.82) is 0 Å². The summed E-state index contributed by atoms with van der Waals surface area (Å²) in [5.74, 6) is 0.646. The third-order valence-corrected chi connectivity index (χ3v) is 1.57. The Bertz CT molecular complexity index is 125. The molecule has 0 unspecified atom stereocenters. The topological polar surface area (TPSA) is 17.1 Å². The van der Waals surface area contributed by atoms with Gasteiger partial charge in [-0.25, -0.2) is 0 Å². The summed E-state index contributed by atoms with van der Waals surface area (Å²) in [4.78, 5) is 11.2. The highest BCUT2D eigenvalue weighted by Crippen LogP contribution is 2.09. The Morgan fingerprint density at radius 3 is 2.30 bits per heavy atom. The van der Waals surface area contributed by atoms with E-state index in [0.717, 1.165) is 6.42 Å². The van der Waals surface area contributed by atoms with Gasteiger partial charge in [0.25, 0.3) is 0 Å². The molecule has 0 aromatic carbocycles. The molecule has 0 spiro atoms. The SMILES string of the molecule is C=CC[C@H](C)C(=O)C(C)C. The van der Waals surface area contributed by atoms with Crippen molar-refractivity contribution in [1.82, 2.24) is 0 Å². The second-order valence-electron chi connectivity index (χ2n) is 2.98. The summed E-state index contributed by atoms with van der Waals surface area (Å²) in [6.45, 7) is 9.40. The second-order valence-corrected chi connectivity index (χ2v) is 2.98. The normalized spacial score (nSPS) is 13.2. The van der Waals surface area contributed by atoms with Crippen LogP contribution in [-0.4, -0.2) is 5.78 Å². The Kier molecular flexibility index (Phi) is 4.01. The van der Waals surface area contributed by atoms with Crippen LogP contribution in [-0.2, 0) is 4.79 Å². The summed E-state index contributed by atoms with van der Waals surface area (Å²) in [5, 5.41) is 0. The van der Waals surface area contributed by atoms with Crippen LogP contribution in [0.15, 0.2) is 12.7 Å². The van der Waals surface area contributed by atoms with Crippen LogP contribution < -0.4 is 0 Å². The van der Waals surface area contributed by atoms with Crippen LogP contribution in [0.1, 0.15) is 27.2 Å². The molecule has 0 heterocycles. The minimum atomic E-state index is 0.150. The lowest BCUT2D eigenvalue weighted by molar-refractivity contribution is -0.125. The van der Waals surface area contributed by atoms with Crippen LogP contribution in [0.25, 0.3) is 0 Å². The lowest BCUT2D eigenvalue weighted by Crippen LogP contribution is -2.16. The predicted octanol–water partition coefficient (Wildman–Crippen LogP) is 2.42. The summed E-state index contributed by atoms with van der Waals surface area (Å²) in [7, 11) is 0. The van der Waals surface area contributed by atoms with Gasteiger partial charge >= 0.3 is 0 Å². The smallest absolute Gasteiger partial charge is 0.138 e. The fraction of sp³-hybridized carbons (Fsp3) is 0.667. The van der Waals surface area contributed by atoms with Crippen molar-refractivity contribution in [2.45, 2.75) is 27.2 Å². The van der Waals surface area contributed by atoms with Crippen LogP contribution in [0.5, 0.6) is 0 Å². The van der Waals surface area contributed by atoms with Crippen LogP contribution >= 0.6 is 0 Å². The standard InChI is InChI=1S/C9H16O/c1-5-6-8(4)9(10)7(2)3/h5,7-8H,1,6H2,2-4H3/t8-/m0/s1. The van der Waals surface area contributed by atoms with Crippen molar-refractivity contribution in [2.24, 2.45) is 11.8 Å². The lowest BCUT2D eigenvalue weighted by Gasteiger charge is -2.09. The number of hydrogen-bond acceptors (Lipinski definition) is 1. The van der Waals surface area contributed by atoms with E-state index in [0.29, 0.717) is 5.78 Å². The van der Waals surface area contributed by atoms with E-state index < -0.39 is 0 Å². The molecule has 0 aliphatic rings. The van der Waals surface area contributed by atoms with Gasteiger partial charge in [-0.2, -0.15) is 0 Å². The minimum absolute atomic E-state index is 0.150. The first kappa shape index (κ1) is 9.41. The molecule has 0 radical (unpaired) electrons. The van der Waals surface area contributed by atoms with Gasteiger partial charge in [-0.15, -0.1) is 6.58 Å². The largest absolute Gasteiger partial charge is 0.299 e. The molecule has 0 rings (SSSR count). The number of hydrogen-bond donors (Lipinski definition) is 0. The Morgan fingerprint density at radius 1 is 1.50 bits per heavy atom. The summed E-state index contributed by atoms with van der Waals surface area (Å²) in [5.41, 5.74) is 0. The number of allylic oxidation sites excluding steroid dienone is 1. The number of carbonyl (C=O) groups excluding carboxylic acids is 1.